The van der Waals surface area contributed by atoms with Gasteiger partial charge in [0.15, 0.2) is 23.2 Å². The lowest BCUT2D eigenvalue weighted by Gasteiger charge is -2.18. The van der Waals surface area contributed by atoms with E-state index in [1.165, 1.54) is 17.2 Å². The van der Waals surface area contributed by atoms with E-state index >= 15 is 0 Å². The summed E-state index contributed by atoms with van der Waals surface area (Å²) in [5, 5.41) is 34.1. The van der Waals surface area contributed by atoms with Gasteiger partial charge in [-0.05, 0) is 24.4 Å². The molecule has 1 saturated heterocycles. The maximum Gasteiger partial charge on any atom is 0.328 e. The molecule has 0 aliphatic carbocycles. The summed E-state index contributed by atoms with van der Waals surface area (Å²) in [6.07, 6.45) is -1.46. The Balaban J connectivity index is 1.44. The van der Waals surface area contributed by atoms with E-state index in [0.717, 1.165) is 16.6 Å². The number of rotatable bonds is 8. The second kappa shape index (κ2) is 9.58. The minimum Gasteiger partial charge on any atom is -0.464 e. The van der Waals surface area contributed by atoms with Crippen molar-refractivity contribution in [3.8, 4) is 0 Å². The number of para-hydroxylation sites is 1. The van der Waals surface area contributed by atoms with Crippen LogP contribution in [0.2, 0.25) is 0 Å². The summed E-state index contributed by atoms with van der Waals surface area (Å²) in [5.74, 6) is -0.143. The summed E-state index contributed by atoms with van der Waals surface area (Å²) in [4.78, 5) is 29.0. The highest BCUT2D eigenvalue weighted by atomic mass is 16.6. The predicted molar refractivity (Wildman–Crippen MR) is 124 cm³/mol. The van der Waals surface area contributed by atoms with Crippen LogP contribution in [0, 0.1) is 0 Å². The molecule has 0 saturated carbocycles. The van der Waals surface area contributed by atoms with Crippen molar-refractivity contribution in [2.45, 2.75) is 43.9 Å². The zero-order chi connectivity index (χ0) is 24.5. The molecule has 1 aromatic carbocycles. The molecule has 1 fully saturated rings. The van der Waals surface area contributed by atoms with Crippen molar-refractivity contribution in [3.05, 3.63) is 48.7 Å². The molecule has 4 aromatic rings. The fraction of sp³-hybridized carbons (Fsp3) is 0.391. The van der Waals surface area contributed by atoms with Gasteiger partial charge in [0.1, 0.15) is 30.7 Å². The molecule has 0 amide bonds. The van der Waals surface area contributed by atoms with Crippen LogP contribution in [0.1, 0.15) is 18.8 Å². The number of ether oxygens (including phenoxy) is 2. The van der Waals surface area contributed by atoms with E-state index in [4.69, 9.17) is 9.47 Å². The van der Waals surface area contributed by atoms with Gasteiger partial charge < -0.3 is 35.1 Å². The Labute approximate surface area is 199 Å². The smallest absolute Gasteiger partial charge is 0.328 e. The van der Waals surface area contributed by atoms with Crippen LogP contribution in [0.4, 0.5) is 5.82 Å². The fourth-order valence-corrected chi connectivity index (χ4v) is 4.32. The van der Waals surface area contributed by atoms with Crippen LogP contribution in [0.25, 0.3) is 22.1 Å². The van der Waals surface area contributed by atoms with E-state index in [9.17, 15) is 20.1 Å². The SMILES string of the molecule is CCOC(=O)C(Cc1cc2ccccc2[nH]1)Nc1ncnc2c1ncn2C1OC(CO)C(O)C1O. The van der Waals surface area contributed by atoms with Crippen LogP contribution in [0.15, 0.2) is 43.0 Å². The number of aromatic amines is 1. The van der Waals surface area contributed by atoms with Crippen molar-refractivity contribution in [1.29, 1.82) is 0 Å². The number of anilines is 1. The van der Waals surface area contributed by atoms with Crippen molar-refractivity contribution in [1.82, 2.24) is 24.5 Å². The quantitative estimate of drug-likeness (QED) is 0.223. The lowest BCUT2D eigenvalue weighted by molar-refractivity contribution is -0.144. The standard InChI is InChI=1S/C23H26N6O6/c1-2-34-23(33)15(8-13-7-12-5-3-4-6-14(12)27-13)28-20-17-21(25-10-24-20)29(11-26-17)22-19(32)18(31)16(9-30)35-22/h3-7,10-11,15-16,18-19,22,27,30-32H,2,8-9H2,1H3,(H,24,25,28). The molecular weight excluding hydrogens is 456 g/mol. The Bertz CT molecular complexity index is 1310. The van der Waals surface area contributed by atoms with Crippen molar-refractivity contribution in [3.63, 3.8) is 0 Å². The van der Waals surface area contributed by atoms with Gasteiger partial charge in [0, 0.05) is 17.6 Å². The monoisotopic (exact) mass is 482 g/mol. The first kappa shape index (κ1) is 23.2. The molecule has 5 N–H and O–H groups in total. The number of nitrogens with zero attached hydrogens (tertiary/aromatic N) is 4. The summed E-state index contributed by atoms with van der Waals surface area (Å²) in [6.45, 7) is 1.52. The molecule has 0 bridgehead atoms. The van der Waals surface area contributed by atoms with Crippen molar-refractivity contribution in [2.75, 3.05) is 18.5 Å². The highest BCUT2D eigenvalue weighted by molar-refractivity contribution is 5.87. The zero-order valence-corrected chi connectivity index (χ0v) is 18.9. The first-order valence-corrected chi connectivity index (χ1v) is 11.3. The molecule has 3 aromatic heterocycles. The molecule has 12 nitrogen and oxygen atoms in total. The second-order valence-electron chi connectivity index (χ2n) is 8.31. The van der Waals surface area contributed by atoms with Gasteiger partial charge in [-0.2, -0.15) is 0 Å². The summed E-state index contributed by atoms with van der Waals surface area (Å²) in [5.41, 5.74) is 2.48. The van der Waals surface area contributed by atoms with Crippen molar-refractivity contribution < 1.29 is 29.6 Å². The van der Waals surface area contributed by atoms with Gasteiger partial charge in [-0.1, -0.05) is 18.2 Å². The highest BCUT2D eigenvalue weighted by Gasteiger charge is 2.44. The van der Waals surface area contributed by atoms with Gasteiger partial charge in [0.25, 0.3) is 0 Å². The van der Waals surface area contributed by atoms with Crippen molar-refractivity contribution >= 4 is 33.9 Å². The molecule has 0 spiro atoms. The third kappa shape index (κ3) is 4.32. The second-order valence-corrected chi connectivity index (χ2v) is 8.31. The molecule has 5 rings (SSSR count). The topological polar surface area (TPSA) is 168 Å². The Morgan fingerprint density at radius 2 is 2.09 bits per heavy atom. The van der Waals surface area contributed by atoms with Gasteiger partial charge in [-0.15, -0.1) is 0 Å². The summed E-state index contributed by atoms with van der Waals surface area (Å²) in [7, 11) is 0. The van der Waals surface area contributed by atoms with E-state index in [0.29, 0.717) is 23.4 Å². The van der Waals surface area contributed by atoms with E-state index in [2.05, 4.69) is 25.3 Å². The molecule has 184 valence electrons. The van der Waals surface area contributed by atoms with E-state index < -0.39 is 43.2 Å². The number of H-pyrrole nitrogens is 1. The molecule has 5 atom stereocenters. The van der Waals surface area contributed by atoms with Gasteiger partial charge in [0.2, 0.25) is 0 Å². The normalized spacial score (nSPS) is 23.1. The number of imidazole rings is 1. The zero-order valence-electron chi connectivity index (χ0n) is 18.9. The summed E-state index contributed by atoms with van der Waals surface area (Å²) >= 11 is 0. The Morgan fingerprint density at radius 1 is 1.26 bits per heavy atom. The van der Waals surface area contributed by atoms with Crippen LogP contribution in [-0.4, -0.2) is 83.4 Å². The first-order valence-electron chi connectivity index (χ1n) is 11.3. The number of fused-ring (bicyclic) bond motifs is 2. The number of nitrogens with one attached hydrogen (secondary N) is 2. The average molecular weight is 482 g/mol. The van der Waals surface area contributed by atoms with Gasteiger partial charge in [-0.3, -0.25) is 4.57 Å². The summed E-state index contributed by atoms with van der Waals surface area (Å²) < 4.78 is 12.3. The molecule has 1 aliphatic rings. The highest BCUT2D eigenvalue weighted by Crippen LogP contribution is 2.32. The number of carbonyl (C=O) groups excluding carboxylic acids is 1. The number of aliphatic hydroxyl groups is 3. The number of hydrogen-bond donors (Lipinski definition) is 5. The summed E-state index contributed by atoms with van der Waals surface area (Å²) in [6, 6.07) is 9.05. The van der Waals surface area contributed by atoms with E-state index in [1.807, 2.05) is 30.3 Å². The first-order chi connectivity index (χ1) is 17.0. The minimum atomic E-state index is -1.29. The third-order valence-electron chi connectivity index (χ3n) is 6.04. The van der Waals surface area contributed by atoms with Gasteiger partial charge in [-0.25, -0.2) is 19.7 Å². The van der Waals surface area contributed by atoms with E-state index in [1.54, 1.807) is 6.92 Å². The van der Waals surface area contributed by atoms with Crippen LogP contribution in [-0.2, 0) is 20.7 Å². The molecule has 35 heavy (non-hydrogen) atoms. The van der Waals surface area contributed by atoms with Crippen LogP contribution in [0.3, 0.4) is 0 Å². The molecule has 4 heterocycles. The molecule has 5 unspecified atom stereocenters. The molecule has 0 radical (unpaired) electrons. The maximum absolute atomic E-state index is 12.8. The molecule has 12 heteroatoms. The van der Waals surface area contributed by atoms with Gasteiger partial charge in [0.05, 0.1) is 19.5 Å². The van der Waals surface area contributed by atoms with Crippen LogP contribution in [0.5, 0.6) is 0 Å². The van der Waals surface area contributed by atoms with Crippen molar-refractivity contribution in [2.24, 2.45) is 0 Å². The van der Waals surface area contributed by atoms with Gasteiger partial charge >= 0.3 is 5.97 Å². The average Bonchev–Trinajstić information content (AvgIpc) is 3.55. The lowest BCUT2D eigenvalue weighted by Crippen LogP contribution is -2.34. The van der Waals surface area contributed by atoms with Crippen LogP contribution < -0.4 is 5.32 Å². The number of hydrogen-bond acceptors (Lipinski definition) is 10. The maximum atomic E-state index is 12.8. The fourth-order valence-electron chi connectivity index (χ4n) is 4.32. The number of esters is 1. The molecular formula is C23H26N6O6. The third-order valence-corrected chi connectivity index (χ3v) is 6.04. The largest absolute Gasteiger partial charge is 0.464 e. The Morgan fingerprint density at radius 3 is 2.83 bits per heavy atom. The number of aromatic nitrogens is 5. The lowest BCUT2D eigenvalue weighted by atomic mass is 10.1. The number of aliphatic hydroxyl groups excluding tert-OH is 3. The Kier molecular flexibility index (Phi) is 6.34. The molecule has 1 aliphatic heterocycles. The van der Waals surface area contributed by atoms with E-state index in [-0.39, 0.29) is 6.61 Å². The number of carbonyl (C=O) groups is 1. The predicted octanol–water partition coefficient (Wildman–Crippen LogP) is 0.505. The minimum absolute atomic E-state index is 0.225. The Hall–Kier alpha value is -3.58. The van der Waals surface area contributed by atoms with Crippen LogP contribution >= 0.6 is 0 Å². The number of benzene rings is 1.